The Bertz CT molecular complexity index is 197. The Balaban J connectivity index is 2.70. The van der Waals surface area contributed by atoms with E-state index in [0.717, 1.165) is 18.7 Å². The van der Waals surface area contributed by atoms with Crippen LogP contribution in [-0.2, 0) is 13.0 Å². The summed E-state index contributed by atoms with van der Waals surface area (Å²) in [6.45, 7) is 2.98. The van der Waals surface area contributed by atoms with Crippen molar-refractivity contribution in [1.29, 1.82) is 0 Å². The van der Waals surface area contributed by atoms with Crippen molar-refractivity contribution in [3.63, 3.8) is 0 Å². The van der Waals surface area contributed by atoms with Crippen LogP contribution in [0, 0.1) is 0 Å². The monoisotopic (exact) mass is 157 g/mol. The maximum absolute atomic E-state index is 3.98. The Hall–Kier alpha value is -0.480. The SMILES string of the molecule is CCc1nnsc1CNC. The lowest BCUT2D eigenvalue weighted by Crippen LogP contribution is -2.05. The highest BCUT2D eigenvalue weighted by Gasteiger charge is 2.02. The van der Waals surface area contributed by atoms with E-state index < -0.39 is 0 Å². The Labute approximate surface area is 64.6 Å². The van der Waals surface area contributed by atoms with Crippen molar-refractivity contribution in [3.8, 4) is 0 Å². The van der Waals surface area contributed by atoms with Crippen LogP contribution in [0.15, 0.2) is 0 Å². The van der Waals surface area contributed by atoms with Crippen LogP contribution < -0.4 is 5.32 Å². The molecule has 0 unspecified atom stereocenters. The molecule has 4 heteroatoms. The fourth-order valence-electron chi connectivity index (χ4n) is 0.790. The van der Waals surface area contributed by atoms with E-state index in [1.54, 1.807) is 0 Å². The summed E-state index contributed by atoms with van der Waals surface area (Å²) in [5, 5.41) is 7.06. The topological polar surface area (TPSA) is 37.8 Å². The number of rotatable bonds is 3. The number of hydrogen-bond donors (Lipinski definition) is 1. The summed E-state index contributed by atoms with van der Waals surface area (Å²) in [6, 6.07) is 0. The van der Waals surface area contributed by atoms with Gasteiger partial charge in [-0.2, -0.15) is 0 Å². The van der Waals surface area contributed by atoms with Crippen molar-refractivity contribution in [2.45, 2.75) is 19.9 Å². The molecule has 0 aliphatic carbocycles. The van der Waals surface area contributed by atoms with Crippen molar-refractivity contribution in [2.24, 2.45) is 0 Å². The first-order chi connectivity index (χ1) is 4.88. The molecule has 0 spiro atoms. The van der Waals surface area contributed by atoms with Gasteiger partial charge in [0.25, 0.3) is 0 Å². The van der Waals surface area contributed by atoms with Crippen LogP contribution in [0.25, 0.3) is 0 Å². The zero-order chi connectivity index (χ0) is 7.40. The molecule has 0 bridgehead atoms. The molecule has 0 aromatic carbocycles. The highest BCUT2D eigenvalue weighted by atomic mass is 32.1. The number of nitrogens with zero attached hydrogens (tertiary/aromatic N) is 2. The van der Waals surface area contributed by atoms with Gasteiger partial charge in [0.2, 0.25) is 0 Å². The minimum Gasteiger partial charge on any atom is -0.315 e. The Morgan fingerprint density at radius 3 is 3.00 bits per heavy atom. The zero-order valence-electron chi connectivity index (χ0n) is 6.22. The molecule has 0 amide bonds. The first kappa shape index (κ1) is 7.63. The third kappa shape index (κ3) is 1.52. The lowest BCUT2D eigenvalue weighted by Gasteiger charge is -1.94. The minimum atomic E-state index is 0.890. The highest BCUT2D eigenvalue weighted by molar-refractivity contribution is 7.05. The van der Waals surface area contributed by atoms with Gasteiger partial charge in [-0.1, -0.05) is 11.4 Å². The summed E-state index contributed by atoms with van der Waals surface area (Å²) in [5.74, 6) is 0. The number of hydrogen-bond acceptors (Lipinski definition) is 4. The van der Waals surface area contributed by atoms with Crippen molar-refractivity contribution in [3.05, 3.63) is 10.6 Å². The molecule has 0 aliphatic rings. The van der Waals surface area contributed by atoms with E-state index in [1.807, 2.05) is 7.05 Å². The number of nitrogens with one attached hydrogen (secondary N) is 1. The summed E-state index contributed by atoms with van der Waals surface area (Å²) in [5.41, 5.74) is 1.12. The van der Waals surface area contributed by atoms with E-state index in [4.69, 9.17) is 0 Å². The van der Waals surface area contributed by atoms with Gasteiger partial charge in [-0.25, -0.2) is 0 Å². The lowest BCUT2D eigenvalue weighted by atomic mass is 10.3. The van der Waals surface area contributed by atoms with Crippen molar-refractivity contribution in [2.75, 3.05) is 7.05 Å². The highest BCUT2D eigenvalue weighted by Crippen LogP contribution is 2.09. The Kier molecular flexibility index (Phi) is 2.77. The van der Waals surface area contributed by atoms with Crippen molar-refractivity contribution >= 4 is 11.5 Å². The van der Waals surface area contributed by atoms with E-state index >= 15 is 0 Å². The Morgan fingerprint density at radius 1 is 1.60 bits per heavy atom. The molecule has 3 nitrogen and oxygen atoms in total. The molecule has 1 aromatic heterocycles. The van der Waals surface area contributed by atoms with E-state index in [-0.39, 0.29) is 0 Å². The second-order valence-electron chi connectivity index (χ2n) is 2.03. The molecule has 10 heavy (non-hydrogen) atoms. The van der Waals surface area contributed by atoms with Gasteiger partial charge in [0.05, 0.1) is 10.6 Å². The van der Waals surface area contributed by atoms with E-state index in [1.165, 1.54) is 16.4 Å². The fourth-order valence-corrected chi connectivity index (χ4v) is 1.53. The second kappa shape index (κ2) is 3.63. The average Bonchev–Trinajstić information content (AvgIpc) is 2.36. The van der Waals surface area contributed by atoms with E-state index in [2.05, 4.69) is 21.8 Å². The fraction of sp³-hybridized carbons (Fsp3) is 0.667. The predicted molar refractivity (Wildman–Crippen MR) is 42.1 cm³/mol. The summed E-state index contributed by atoms with van der Waals surface area (Å²) in [4.78, 5) is 1.25. The average molecular weight is 157 g/mol. The standard InChI is InChI=1S/C6H11N3S/c1-3-5-6(4-7-2)10-9-8-5/h7H,3-4H2,1-2H3. The van der Waals surface area contributed by atoms with E-state index in [9.17, 15) is 0 Å². The van der Waals surface area contributed by atoms with E-state index in [0.29, 0.717) is 0 Å². The Morgan fingerprint density at radius 2 is 2.40 bits per heavy atom. The number of aromatic nitrogens is 2. The maximum atomic E-state index is 3.98. The number of aryl methyl sites for hydroxylation is 1. The van der Waals surface area contributed by atoms with Crippen LogP contribution >= 0.6 is 11.5 Å². The third-order valence-electron chi connectivity index (χ3n) is 1.31. The molecular weight excluding hydrogens is 146 g/mol. The van der Waals surface area contributed by atoms with Gasteiger partial charge in [0, 0.05) is 6.54 Å². The summed E-state index contributed by atoms with van der Waals surface area (Å²) >= 11 is 1.48. The van der Waals surface area contributed by atoms with Gasteiger partial charge >= 0.3 is 0 Å². The van der Waals surface area contributed by atoms with Crippen LogP contribution in [0.5, 0.6) is 0 Å². The third-order valence-corrected chi connectivity index (χ3v) is 2.07. The van der Waals surface area contributed by atoms with Gasteiger partial charge in [0.1, 0.15) is 0 Å². The molecule has 56 valence electrons. The lowest BCUT2D eigenvalue weighted by molar-refractivity contribution is 0.812. The summed E-state index contributed by atoms with van der Waals surface area (Å²) < 4.78 is 3.86. The van der Waals surface area contributed by atoms with Crippen LogP contribution in [0.1, 0.15) is 17.5 Å². The quantitative estimate of drug-likeness (QED) is 0.706. The molecule has 0 atom stereocenters. The van der Waals surface area contributed by atoms with Crippen molar-refractivity contribution < 1.29 is 0 Å². The van der Waals surface area contributed by atoms with Gasteiger partial charge in [-0.15, -0.1) is 5.10 Å². The van der Waals surface area contributed by atoms with Crippen LogP contribution in [-0.4, -0.2) is 16.6 Å². The minimum absolute atomic E-state index is 0.890. The van der Waals surface area contributed by atoms with Crippen molar-refractivity contribution in [1.82, 2.24) is 14.9 Å². The maximum Gasteiger partial charge on any atom is 0.0797 e. The zero-order valence-corrected chi connectivity index (χ0v) is 7.03. The largest absolute Gasteiger partial charge is 0.315 e. The molecule has 0 saturated heterocycles. The normalized spacial score (nSPS) is 10.2. The molecule has 1 aromatic rings. The molecule has 1 rings (SSSR count). The summed E-state index contributed by atoms with van der Waals surface area (Å²) in [7, 11) is 1.93. The van der Waals surface area contributed by atoms with Gasteiger partial charge in [0.15, 0.2) is 0 Å². The smallest absolute Gasteiger partial charge is 0.0797 e. The second-order valence-corrected chi connectivity index (χ2v) is 2.87. The predicted octanol–water partition coefficient (Wildman–Crippen LogP) is 0.820. The van der Waals surface area contributed by atoms with Crippen LogP contribution in [0.2, 0.25) is 0 Å². The first-order valence-electron chi connectivity index (χ1n) is 3.33. The van der Waals surface area contributed by atoms with Gasteiger partial charge in [-0.05, 0) is 25.0 Å². The summed E-state index contributed by atoms with van der Waals surface area (Å²) in [6.07, 6.45) is 0.980. The molecule has 0 aliphatic heterocycles. The molecule has 0 fully saturated rings. The first-order valence-corrected chi connectivity index (χ1v) is 4.10. The molecule has 1 heterocycles. The van der Waals surface area contributed by atoms with Gasteiger partial charge < -0.3 is 5.32 Å². The molecular formula is C6H11N3S. The van der Waals surface area contributed by atoms with Crippen LogP contribution in [0.3, 0.4) is 0 Å². The molecule has 0 saturated carbocycles. The molecule has 1 N–H and O–H groups in total. The van der Waals surface area contributed by atoms with Crippen LogP contribution in [0.4, 0.5) is 0 Å². The molecule has 0 radical (unpaired) electrons. The van der Waals surface area contributed by atoms with Gasteiger partial charge in [-0.3, -0.25) is 0 Å².